The van der Waals surface area contributed by atoms with Crippen LogP contribution >= 0.6 is 23.7 Å². The third-order valence-corrected chi connectivity index (χ3v) is 2.62. The maximum Gasteiger partial charge on any atom is 0.0954 e. The van der Waals surface area contributed by atoms with Gasteiger partial charge in [0, 0.05) is 17.8 Å². The van der Waals surface area contributed by atoms with Crippen LogP contribution in [0.1, 0.15) is 30.5 Å². The SMILES string of the molecule is CNCc1csc(C(C)C)n1.Cl. The summed E-state index contributed by atoms with van der Waals surface area (Å²) < 4.78 is 0. The molecule has 1 heterocycles. The van der Waals surface area contributed by atoms with Crippen molar-refractivity contribution in [2.24, 2.45) is 0 Å². The summed E-state index contributed by atoms with van der Waals surface area (Å²) in [5.74, 6) is 0.561. The maximum atomic E-state index is 4.46. The number of rotatable bonds is 3. The molecule has 12 heavy (non-hydrogen) atoms. The van der Waals surface area contributed by atoms with Gasteiger partial charge in [-0.2, -0.15) is 0 Å². The van der Waals surface area contributed by atoms with Gasteiger partial charge in [0.05, 0.1) is 10.7 Å². The highest BCUT2D eigenvalue weighted by Crippen LogP contribution is 2.18. The first-order chi connectivity index (χ1) is 5.24. The lowest BCUT2D eigenvalue weighted by molar-refractivity contribution is 0.776. The Bertz CT molecular complexity index is 223. The van der Waals surface area contributed by atoms with Gasteiger partial charge in [0.2, 0.25) is 0 Å². The molecule has 0 saturated heterocycles. The Hall–Kier alpha value is -0.120. The van der Waals surface area contributed by atoms with E-state index in [0.29, 0.717) is 5.92 Å². The molecule has 70 valence electrons. The highest BCUT2D eigenvalue weighted by Gasteiger charge is 2.03. The summed E-state index contributed by atoms with van der Waals surface area (Å²) in [7, 11) is 1.94. The van der Waals surface area contributed by atoms with E-state index in [1.54, 1.807) is 11.3 Å². The minimum atomic E-state index is 0. The smallest absolute Gasteiger partial charge is 0.0954 e. The fraction of sp³-hybridized carbons (Fsp3) is 0.625. The summed E-state index contributed by atoms with van der Waals surface area (Å²) in [5, 5.41) is 6.43. The molecule has 4 heteroatoms. The van der Waals surface area contributed by atoms with Crippen molar-refractivity contribution in [2.45, 2.75) is 26.3 Å². The third kappa shape index (κ3) is 3.09. The Morgan fingerprint density at radius 3 is 2.67 bits per heavy atom. The van der Waals surface area contributed by atoms with Crippen LogP contribution in [0.5, 0.6) is 0 Å². The largest absolute Gasteiger partial charge is 0.314 e. The van der Waals surface area contributed by atoms with Gasteiger partial charge in [0.1, 0.15) is 0 Å². The second-order valence-electron chi connectivity index (χ2n) is 2.86. The monoisotopic (exact) mass is 206 g/mol. The van der Waals surface area contributed by atoms with Crippen LogP contribution in [0.25, 0.3) is 0 Å². The van der Waals surface area contributed by atoms with Gasteiger partial charge in [-0.05, 0) is 7.05 Å². The number of thiazole rings is 1. The van der Waals surface area contributed by atoms with E-state index in [-0.39, 0.29) is 12.4 Å². The molecule has 0 aromatic carbocycles. The van der Waals surface area contributed by atoms with E-state index >= 15 is 0 Å². The molecule has 1 N–H and O–H groups in total. The van der Waals surface area contributed by atoms with Crippen LogP contribution < -0.4 is 5.32 Å². The van der Waals surface area contributed by atoms with Crippen molar-refractivity contribution in [3.63, 3.8) is 0 Å². The lowest BCUT2D eigenvalue weighted by atomic mass is 10.2. The summed E-state index contributed by atoms with van der Waals surface area (Å²) in [4.78, 5) is 4.46. The molecule has 0 amide bonds. The van der Waals surface area contributed by atoms with Crippen molar-refractivity contribution in [1.29, 1.82) is 0 Å². The summed E-state index contributed by atoms with van der Waals surface area (Å²) in [5.41, 5.74) is 1.15. The number of nitrogens with zero attached hydrogens (tertiary/aromatic N) is 1. The van der Waals surface area contributed by atoms with Gasteiger partial charge in [-0.1, -0.05) is 13.8 Å². The van der Waals surface area contributed by atoms with E-state index in [9.17, 15) is 0 Å². The van der Waals surface area contributed by atoms with Crippen LogP contribution in [-0.4, -0.2) is 12.0 Å². The van der Waals surface area contributed by atoms with Gasteiger partial charge in [0.25, 0.3) is 0 Å². The van der Waals surface area contributed by atoms with Crippen molar-refractivity contribution >= 4 is 23.7 Å². The lowest BCUT2D eigenvalue weighted by Crippen LogP contribution is -2.05. The summed E-state index contributed by atoms with van der Waals surface area (Å²) in [6.45, 7) is 5.22. The van der Waals surface area contributed by atoms with E-state index in [1.165, 1.54) is 5.01 Å². The quantitative estimate of drug-likeness (QED) is 0.822. The highest BCUT2D eigenvalue weighted by atomic mass is 35.5. The fourth-order valence-electron chi connectivity index (χ4n) is 0.850. The summed E-state index contributed by atoms with van der Waals surface area (Å²) in [6.07, 6.45) is 0. The van der Waals surface area contributed by atoms with Gasteiger partial charge in [0.15, 0.2) is 0 Å². The predicted molar refractivity (Wildman–Crippen MR) is 56.2 cm³/mol. The first kappa shape index (κ1) is 11.9. The van der Waals surface area contributed by atoms with E-state index in [4.69, 9.17) is 0 Å². The zero-order valence-corrected chi connectivity index (χ0v) is 9.26. The lowest BCUT2D eigenvalue weighted by Gasteiger charge is -1.96. The molecule has 2 nitrogen and oxygen atoms in total. The van der Waals surface area contributed by atoms with Gasteiger partial charge in [-0.3, -0.25) is 0 Å². The number of halogens is 1. The van der Waals surface area contributed by atoms with Crippen molar-refractivity contribution < 1.29 is 0 Å². The van der Waals surface area contributed by atoms with Gasteiger partial charge < -0.3 is 5.32 Å². The second-order valence-corrected chi connectivity index (χ2v) is 3.75. The molecule has 1 aromatic heterocycles. The van der Waals surface area contributed by atoms with E-state index in [0.717, 1.165) is 12.2 Å². The van der Waals surface area contributed by atoms with Gasteiger partial charge in [-0.25, -0.2) is 4.98 Å². The Labute approximate surface area is 83.8 Å². The Morgan fingerprint density at radius 1 is 1.58 bits per heavy atom. The molecule has 0 aliphatic carbocycles. The van der Waals surface area contributed by atoms with Gasteiger partial charge >= 0.3 is 0 Å². The number of hydrogen-bond acceptors (Lipinski definition) is 3. The van der Waals surface area contributed by atoms with Crippen molar-refractivity contribution in [3.05, 3.63) is 16.1 Å². The molecule has 1 aromatic rings. The topological polar surface area (TPSA) is 24.9 Å². The van der Waals surface area contributed by atoms with E-state index in [1.807, 2.05) is 7.05 Å². The fourth-order valence-corrected chi connectivity index (χ4v) is 1.69. The maximum absolute atomic E-state index is 4.46. The number of aromatic nitrogens is 1. The van der Waals surface area contributed by atoms with Crippen LogP contribution in [0.4, 0.5) is 0 Å². The Kier molecular flexibility index (Phi) is 5.46. The zero-order valence-electron chi connectivity index (χ0n) is 7.63. The first-order valence-electron chi connectivity index (χ1n) is 3.83. The number of nitrogens with one attached hydrogen (secondary N) is 1. The molecule has 0 aliphatic heterocycles. The third-order valence-electron chi connectivity index (χ3n) is 1.42. The van der Waals surface area contributed by atoms with Crippen LogP contribution in [-0.2, 0) is 6.54 Å². The van der Waals surface area contributed by atoms with Crippen LogP contribution in [0.2, 0.25) is 0 Å². The van der Waals surface area contributed by atoms with Crippen molar-refractivity contribution in [3.8, 4) is 0 Å². The molecule has 1 rings (SSSR count). The normalized spacial score (nSPS) is 10.0. The van der Waals surface area contributed by atoms with Crippen LogP contribution in [0, 0.1) is 0 Å². The average molecular weight is 207 g/mol. The first-order valence-corrected chi connectivity index (χ1v) is 4.71. The number of hydrogen-bond donors (Lipinski definition) is 1. The molecule has 0 fully saturated rings. The average Bonchev–Trinajstić information content (AvgIpc) is 2.37. The van der Waals surface area contributed by atoms with Crippen molar-refractivity contribution in [2.75, 3.05) is 7.05 Å². The summed E-state index contributed by atoms with van der Waals surface area (Å²) >= 11 is 1.75. The van der Waals surface area contributed by atoms with Crippen LogP contribution in [0.3, 0.4) is 0 Å². The zero-order chi connectivity index (χ0) is 8.27. The van der Waals surface area contributed by atoms with E-state index in [2.05, 4.69) is 29.5 Å². The van der Waals surface area contributed by atoms with E-state index < -0.39 is 0 Å². The summed E-state index contributed by atoms with van der Waals surface area (Å²) in [6, 6.07) is 0. The molecule has 0 spiro atoms. The van der Waals surface area contributed by atoms with Gasteiger partial charge in [-0.15, -0.1) is 23.7 Å². The molecular formula is C8H15ClN2S. The molecule has 0 radical (unpaired) electrons. The molecule has 0 saturated carbocycles. The Balaban J connectivity index is 0.00000121. The minimum absolute atomic E-state index is 0. The molecule has 0 atom stereocenters. The standard InChI is InChI=1S/C8H14N2S.ClH/c1-6(2)8-10-7(4-9-3)5-11-8;/h5-6,9H,4H2,1-3H3;1H. The molecule has 0 unspecified atom stereocenters. The Morgan fingerprint density at radius 2 is 2.25 bits per heavy atom. The predicted octanol–water partition coefficient (Wildman–Crippen LogP) is 2.41. The molecule has 0 aliphatic rings. The highest BCUT2D eigenvalue weighted by molar-refractivity contribution is 7.09. The molecule has 0 bridgehead atoms. The van der Waals surface area contributed by atoms with Crippen molar-refractivity contribution in [1.82, 2.24) is 10.3 Å². The minimum Gasteiger partial charge on any atom is -0.314 e. The van der Waals surface area contributed by atoms with Crippen LogP contribution in [0.15, 0.2) is 5.38 Å². The molecular weight excluding hydrogens is 192 g/mol. The second kappa shape index (κ2) is 5.51.